The van der Waals surface area contributed by atoms with E-state index >= 15 is 0 Å². The number of ether oxygens (including phenoxy) is 2. The number of phenolic OH excluding ortho intramolecular Hbond substituents is 1. The molecule has 0 saturated heterocycles. The number of carbonyl (C=O) groups is 4. The van der Waals surface area contributed by atoms with Crippen molar-refractivity contribution in [1.29, 1.82) is 0 Å². The molecule has 0 spiro atoms. The molecule has 12 heteroatoms. The lowest BCUT2D eigenvalue weighted by Gasteiger charge is -2.46. The highest BCUT2D eigenvalue weighted by atomic mass is 16.6. The number of phenols is 1. The van der Waals surface area contributed by atoms with E-state index in [1.54, 1.807) is 49.3 Å². The summed E-state index contributed by atoms with van der Waals surface area (Å²) >= 11 is 0. The van der Waals surface area contributed by atoms with Crippen molar-refractivity contribution in [2.45, 2.75) is 18.9 Å². The Balaban J connectivity index is 1.52. The van der Waals surface area contributed by atoms with Gasteiger partial charge in [-0.3, -0.25) is 24.6 Å². The number of aliphatic hydroxyl groups excluding tert-OH is 2. The van der Waals surface area contributed by atoms with Crippen molar-refractivity contribution in [2.75, 3.05) is 39.7 Å². The molecule has 4 atom stereocenters. The first kappa shape index (κ1) is 29.8. The van der Waals surface area contributed by atoms with Gasteiger partial charge < -0.3 is 30.5 Å². The highest BCUT2D eigenvalue weighted by Gasteiger charge is 2.55. The van der Waals surface area contributed by atoms with Crippen LogP contribution in [0.25, 0.3) is 16.9 Å². The highest BCUT2D eigenvalue weighted by Crippen LogP contribution is 2.51. The van der Waals surface area contributed by atoms with Crippen LogP contribution >= 0.6 is 0 Å². The molecule has 3 aliphatic carbocycles. The lowest BCUT2D eigenvalue weighted by Crippen LogP contribution is -2.55. The molecule has 226 valence electrons. The molecule has 3 aliphatic rings. The highest BCUT2D eigenvalue weighted by molar-refractivity contribution is 6.28. The summed E-state index contributed by atoms with van der Waals surface area (Å²) in [5.74, 6) is -6.25. The van der Waals surface area contributed by atoms with Gasteiger partial charge in [-0.1, -0.05) is 18.2 Å². The average molecular weight is 592 g/mol. The Morgan fingerprint density at radius 3 is 2.35 bits per heavy atom. The van der Waals surface area contributed by atoms with Crippen molar-refractivity contribution in [1.82, 2.24) is 4.90 Å². The molecule has 43 heavy (non-hydrogen) atoms. The van der Waals surface area contributed by atoms with Gasteiger partial charge in [0.05, 0.1) is 24.1 Å². The van der Waals surface area contributed by atoms with Crippen molar-refractivity contribution in [2.24, 2.45) is 23.5 Å². The smallest absolute Gasteiger partial charge is 0.411 e. The molecular weight excluding hydrogens is 558 g/mol. The Kier molecular flexibility index (Phi) is 8.00. The van der Waals surface area contributed by atoms with Gasteiger partial charge in [0, 0.05) is 18.4 Å². The summed E-state index contributed by atoms with van der Waals surface area (Å²) in [4.78, 5) is 53.0. The number of fused-ring (bicyclic) bond motifs is 3. The van der Waals surface area contributed by atoms with Crippen molar-refractivity contribution in [3.63, 3.8) is 0 Å². The van der Waals surface area contributed by atoms with E-state index in [1.165, 1.54) is 13.2 Å². The van der Waals surface area contributed by atoms with E-state index in [0.717, 1.165) is 5.56 Å². The summed E-state index contributed by atoms with van der Waals surface area (Å²) in [5.41, 5.74) is 7.46. The number of carbonyl (C=O) groups excluding carboxylic acids is 4. The fourth-order valence-corrected chi connectivity index (χ4v) is 6.64. The number of allylic oxidation sites excluding steroid dienone is 1. The number of rotatable bonds is 7. The van der Waals surface area contributed by atoms with Crippen molar-refractivity contribution >= 4 is 35.0 Å². The Labute approximate surface area is 247 Å². The van der Waals surface area contributed by atoms with E-state index in [2.05, 4.69) is 5.32 Å². The minimum Gasteiger partial charge on any atom is -0.510 e. The second kappa shape index (κ2) is 11.5. The maximum Gasteiger partial charge on any atom is 0.411 e. The molecule has 0 heterocycles. The Morgan fingerprint density at radius 1 is 1.02 bits per heavy atom. The number of hydrogen-bond acceptors (Lipinski definition) is 10. The van der Waals surface area contributed by atoms with Crippen LogP contribution in [0.1, 0.15) is 17.5 Å². The van der Waals surface area contributed by atoms with E-state index in [4.69, 9.17) is 15.2 Å². The Bertz CT molecular complexity index is 1580. The molecule has 0 radical (unpaired) electrons. The molecule has 0 aromatic heterocycles. The number of benzene rings is 2. The van der Waals surface area contributed by atoms with Gasteiger partial charge in [-0.25, -0.2) is 4.79 Å². The maximum atomic E-state index is 13.9. The van der Waals surface area contributed by atoms with Crippen LogP contribution in [0.15, 0.2) is 53.3 Å². The Morgan fingerprint density at radius 2 is 1.72 bits per heavy atom. The number of nitrogens with one attached hydrogen (secondary N) is 1. The molecule has 2 amide bonds. The maximum absolute atomic E-state index is 13.9. The number of anilines is 1. The molecule has 5 rings (SSSR count). The summed E-state index contributed by atoms with van der Waals surface area (Å²) in [6.45, 7) is 0.379. The molecule has 1 saturated carbocycles. The van der Waals surface area contributed by atoms with Crippen LogP contribution in [0.4, 0.5) is 10.5 Å². The van der Waals surface area contributed by atoms with E-state index in [1.807, 2.05) is 0 Å². The predicted octanol–water partition coefficient (Wildman–Crippen LogP) is 2.71. The van der Waals surface area contributed by atoms with Crippen LogP contribution in [-0.2, 0) is 30.3 Å². The van der Waals surface area contributed by atoms with Crippen molar-refractivity contribution in [3.05, 3.63) is 64.4 Å². The first-order valence-corrected chi connectivity index (χ1v) is 13.8. The zero-order chi connectivity index (χ0) is 31.2. The minimum absolute atomic E-state index is 0.0174. The lowest BCUT2D eigenvalue weighted by atomic mass is 9.59. The topological polar surface area (TPSA) is 189 Å². The van der Waals surface area contributed by atoms with Gasteiger partial charge >= 0.3 is 6.09 Å². The summed E-state index contributed by atoms with van der Waals surface area (Å²) in [6, 6.07) is 9.22. The monoisotopic (exact) mass is 591 g/mol. The number of nitrogens with zero attached hydrogens (tertiary/aromatic N) is 1. The third kappa shape index (κ3) is 5.12. The number of Topliss-reactive ketones (excluding diaryl/α,β-unsaturated/α-hetero) is 2. The second-order valence-electron chi connectivity index (χ2n) is 11.1. The standard InChI is InChI=1S/C31H33N3O9/c1-34(2)25-19-13-15-12-18-17(14-4-6-16(7-5-14)33-31(41)43-11-10-42-3)8-9-20(35)22(18)26(36)21(15)27(37)23(19)28(38)24(29(25)39)30(32)40/h4-9,15,19,23,25,35-36,39H,10-13H2,1-3H3,(H2,32,40)(H,33,41)/t15?,19?,23?,25-/m0/s1. The third-order valence-electron chi connectivity index (χ3n) is 8.41. The number of methoxy groups -OCH3 is 1. The quantitative estimate of drug-likeness (QED) is 0.182. The van der Waals surface area contributed by atoms with Crippen LogP contribution in [0.3, 0.4) is 0 Å². The third-order valence-corrected chi connectivity index (χ3v) is 8.41. The number of aliphatic hydroxyl groups is 2. The van der Waals surface area contributed by atoms with E-state index in [0.29, 0.717) is 16.8 Å². The van der Waals surface area contributed by atoms with Gasteiger partial charge in [0.25, 0.3) is 5.91 Å². The second-order valence-corrected chi connectivity index (χ2v) is 11.1. The molecular formula is C31H33N3O9. The molecule has 0 aliphatic heterocycles. The van der Waals surface area contributed by atoms with Crippen molar-refractivity contribution < 1.29 is 44.0 Å². The van der Waals surface area contributed by atoms with Gasteiger partial charge in [-0.15, -0.1) is 0 Å². The Hall–Kier alpha value is -4.68. The van der Waals surface area contributed by atoms with Crippen LogP contribution in [0.5, 0.6) is 5.75 Å². The van der Waals surface area contributed by atoms with E-state index in [-0.39, 0.29) is 42.9 Å². The number of ketones is 2. The lowest BCUT2D eigenvalue weighted by molar-refractivity contribution is -0.136. The summed E-state index contributed by atoms with van der Waals surface area (Å²) in [5, 5.41) is 35.8. The normalized spacial score (nSPS) is 23.1. The van der Waals surface area contributed by atoms with Crippen LogP contribution in [-0.4, -0.2) is 84.2 Å². The first-order chi connectivity index (χ1) is 20.5. The number of nitrogens with two attached hydrogens (primary N) is 1. The van der Waals surface area contributed by atoms with Gasteiger partial charge in [-0.05, 0) is 73.7 Å². The summed E-state index contributed by atoms with van der Waals surface area (Å²) in [7, 11) is 4.84. The molecule has 0 bridgehead atoms. The average Bonchev–Trinajstić information content (AvgIpc) is 2.93. The zero-order valence-electron chi connectivity index (χ0n) is 23.9. The van der Waals surface area contributed by atoms with Gasteiger partial charge in [0.2, 0.25) is 0 Å². The largest absolute Gasteiger partial charge is 0.510 e. The van der Waals surface area contributed by atoms with Crippen LogP contribution in [0, 0.1) is 17.8 Å². The number of primary amides is 1. The minimum atomic E-state index is -1.31. The molecule has 2 aromatic carbocycles. The molecule has 3 unspecified atom stereocenters. The first-order valence-electron chi connectivity index (χ1n) is 13.8. The SMILES string of the molecule is COCCOC(=O)Nc1ccc(-c2ccc(O)c3c2CC2CC4C(C(=O)C(C(N)=O)=C(O)[C@H]4N(C)C)C(=O)C2=C3O)cc1. The van der Waals surface area contributed by atoms with Gasteiger partial charge in [0.15, 0.2) is 11.6 Å². The van der Waals surface area contributed by atoms with Crippen LogP contribution < -0.4 is 11.1 Å². The predicted molar refractivity (Wildman–Crippen MR) is 155 cm³/mol. The van der Waals surface area contributed by atoms with Crippen molar-refractivity contribution in [3.8, 4) is 16.9 Å². The molecule has 2 aromatic rings. The zero-order valence-corrected chi connectivity index (χ0v) is 23.9. The van der Waals surface area contributed by atoms with E-state index < -0.39 is 64.5 Å². The summed E-state index contributed by atoms with van der Waals surface area (Å²) in [6.07, 6.45) is -0.111. The molecule has 1 fully saturated rings. The summed E-state index contributed by atoms with van der Waals surface area (Å²) < 4.78 is 9.88. The van der Waals surface area contributed by atoms with E-state index in [9.17, 15) is 34.5 Å². The molecule has 6 N–H and O–H groups in total. The van der Waals surface area contributed by atoms with Gasteiger partial charge in [0.1, 0.15) is 29.4 Å². The fraction of sp³-hybridized carbons (Fsp3) is 0.355. The molecule has 12 nitrogen and oxygen atoms in total. The van der Waals surface area contributed by atoms with Crippen LogP contribution in [0.2, 0.25) is 0 Å². The fourth-order valence-electron chi connectivity index (χ4n) is 6.64. The van der Waals surface area contributed by atoms with Gasteiger partial charge in [-0.2, -0.15) is 0 Å². The number of aromatic hydroxyl groups is 1. The number of likely N-dealkylation sites (N-methyl/N-ethyl adjacent to an activating group) is 1. The number of amides is 2. The number of hydrogen-bond donors (Lipinski definition) is 5.